The molecular formula is C10H16N6O2. The van der Waals surface area contributed by atoms with E-state index in [1.54, 1.807) is 4.57 Å². The Morgan fingerprint density at radius 3 is 2.83 bits per heavy atom. The van der Waals surface area contributed by atoms with E-state index in [1.807, 2.05) is 18.5 Å². The van der Waals surface area contributed by atoms with Gasteiger partial charge in [0.2, 0.25) is 5.95 Å². The SMILES string of the molecule is CCn1nc(C)c2nc(N)n(CCOC(N)=O)c21. The molecule has 0 bridgehead atoms. The van der Waals surface area contributed by atoms with Gasteiger partial charge in [0.15, 0.2) is 5.65 Å². The first-order valence-corrected chi connectivity index (χ1v) is 5.66. The van der Waals surface area contributed by atoms with Crippen LogP contribution < -0.4 is 11.5 Å². The second kappa shape index (κ2) is 4.55. The molecule has 2 rings (SSSR count). The summed E-state index contributed by atoms with van der Waals surface area (Å²) < 4.78 is 8.29. The molecule has 2 aromatic rings. The van der Waals surface area contributed by atoms with Gasteiger partial charge in [0, 0.05) is 6.54 Å². The molecule has 8 nitrogen and oxygen atoms in total. The summed E-state index contributed by atoms with van der Waals surface area (Å²) in [6.45, 7) is 5.13. The van der Waals surface area contributed by atoms with Crippen LogP contribution in [0.25, 0.3) is 11.2 Å². The first-order valence-electron chi connectivity index (χ1n) is 5.66. The van der Waals surface area contributed by atoms with Crippen molar-refractivity contribution in [2.75, 3.05) is 12.3 Å². The molecule has 0 spiro atoms. The van der Waals surface area contributed by atoms with Crippen LogP contribution in [0.15, 0.2) is 0 Å². The molecule has 0 saturated heterocycles. The lowest BCUT2D eigenvalue weighted by atomic mass is 10.4. The average Bonchev–Trinajstić information content (AvgIpc) is 2.78. The topological polar surface area (TPSA) is 114 Å². The number of ether oxygens (including phenoxy) is 1. The minimum atomic E-state index is -0.801. The van der Waals surface area contributed by atoms with Crippen LogP contribution in [0.5, 0.6) is 0 Å². The van der Waals surface area contributed by atoms with Gasteiger partial charge < -0.3 is 16.2 Å². The maximum Gasteiger partial charge on any atom is 0.404 e. The van der Waals surface area contributed by atoms with Crippen molar-refractivity contribution < 1.29 is 9.53 Å². The first-order chi connectivity index (χ1) is 8.54. The normalized spacial score (nSPS) is 11.0. The lowest BCUT2D eigenvalue weighted by Gasteiger charge is -2.07. The van der Waals surface area contributed by atoms with Gasteiger partial charge in [0.05, 0.1) is 12.2 Å². The Morgan fingerprint density at radius 1 is 1.50 bits per heavy atom. The van der Waals surface area contributed by atoms with Gasteiger partial charge in [-0.3, -0.25) is 4.57 Å². The molecule has 0 aliphatic heterocycles. The highest BCUT2D eigenvalue weighted by atomic mass is 16.5. The number of aryl methyl sites for hydroxylation is 2. The molecule has 8 heteroatoms. The van der Waals surface area contributed by atoms with Crippen molar-refractivity contribution in [1.82, 2.24) is 19.3 Å². The molecule has 2 heterocycles. The highest BCUT2D eigenvalue weighted by Gasteiger charge is 2.16. The second-order valence-electron chi connectivity index (χ2n) is 3.86. The summed E-state index contributed by atoms with van der Waals surface area (Å²) in [7, 11) is 0. The van der Waals surface area contributed by atoms with Crippen LogP contribution in [0.4, 0.5) is 10.7 Å². The van der Waals surface area contributed by atoms with Crippen molar-refractivity contribution in [2.45, 2.75) is 26.9 Å². The number of nitrogens with two attached hydrogens (primary N) is 2. The van der Waals surface area contributed by atoms with Crippen LogP contribution in [-0.2, 0) is 17.8 Å². The van der Waals surface area contributed by atoms with E-state index in [-0.39, 0.29) is 6.61 Å². The minimum Gasteiger partial charge on any atom is -0.448 e. The summed E-state index contributed by atoms with van der Waals surface area (Å²) in [5.41, 5.74) is 13.2. The van der Waals surface area contributed by atoms with E-state index in [9.17, 15) is 4.79 Å². The van der Waals surface area contributed by atoms with Gasteiger partial charge in [0.25, 0.3) is 0 Å². The molecule has 18 heavy (non-hydrogen) atoms. The fourth-order valence-corrected chi connectivity index (χ4v) is 1.92. The monoisotopic (exact) mass is 252 g/mol. The van der Waals surface area contributed by atoms with E-state index in [0.29, 0.717) is 19.0 Å². The lowest BCUT2D eigenvalue weighted by Crippen LogP contribution is -2.18. The maximum absolute atomic E-state index is 10.5. The van der Waals surface area contributed by atoms with Crippen molar-refractivity contribution in [3.63, 3.8) is 0 Å². The van der Waals surface area contributed by atoms with Gasteiger partial charge in [-0.1, -0.05) is 0 Å². The Balaban J connectivity index is 2.36. The molecule has 0 fully saturated rings. The number of rotatable bonds is 4. The molecule has 98 valence electrons. The molecule has 1 amide bonds. The largest absolute Gasteiger partial charge is 0.448 e. The Hall–Kier alpha value is -2.25. The van der Waals surface area contributed by atoms with Crippen molar-refractivity contribution >= 4 is 23.2 Å². The summed E-state index contributed by atoms with van der Waals surface area (Å²) in [6.07, 6.45) is -0.801. The van der Waals surface area contributed by atoms with Gasteiger partial charge in [-0.2, -0.15) is 5.10 Å². The molecule has 2 aromatic heterocycles. The van der Waals surface area contributed by atoms with Gasteiger partial charge >= 0.3 is 6.09 Å². The molecule has 0 radical (unpaired) electrons. The molecule has 0 aromatic carbocycles. The number of hydrogen-bond acceptors (Lipinski definition) is 5. The van der Waals surface area contributed by atoms with Crippen LogP contribution in [0.2, 0.25) is 0 Å². The predicted molar refractivity (Wildman–Crippen MR) is 65.9 cm³/mol. The number of imidazole rings is 1. The predicted octanol–water partition coefficient (Wildman–Crippen LogP) is 0.239. The zero-order valence-electron chi connectivity index (χ0n) is 10.4. The number of nitrogen functional groups attached to an aromatic ring is 1. The van der Waals surface area contributed by atoms with E-state index in [1.165, 1.54) is 0 Å². The molecule has 0 aliphatic carbocycles. The van der Waals surface area contributed by atoms with E-state index in [0.717, 1.165) is 16.9 Å². The number of aromatic nitrogens is 4. The number of fused-ring (bicyclic) bond motifs is 1. The maximum atomic E-state index is 10.5. The van der Waals surface area contributed by atoms with Gasteiger partial charge in [-0.15, -0.1) is 0 Å². The zero-order valence-corrected chi connectivity index (χ0v) is 10.4. The number of anilines is 1. The molecule has 0 atom stereocenters. The summed E-state index contributed by atoms with van der Waals surface area (Å²) in [5.74, 6) is 0.376. The summed E-state index contributed by atoms with van der Waals surface area (Å²) in [5, 5.41) is 4.36. The highest BCUT2D eigenvalue weighted by Crippen LogP contribution is 2.20. The number of carbonyl (C=O) groups is 1. The highest BCUT2D eigenvalue weighted by molar-refractivity contribution is 5.77. The summed E-state index contributed by atoms with van der Waals surface area (Å²) in [4.78, 5) is 14.8. The Bertz CT molecular complexity index is 585. The fraction of sp³-hybridized carbons (Fsp3) is 0.500. The summed E-state index contributed by atoms with van der Waals surface area (Å²) >= 11 is 0. The van der Waals surface area contributed by atoms with Crippen LogP contribution in [0.3, 0.4) is 0 Å². The number of nitrogens with zero attached hydrogens (tertiary/aromatic N) is 4. The van der Waals surface area contributed by atoms with E-state index in [4.69, 9.17) is 16.2 Å². The van der Waals surface area contributed by atoms with Gasteiger partial charge in [-0.25, -0.2) is 14.5 Å². The van der Waals surface area contributed by atoms with Crippen LogP contribution in [0.1, 0.15) is 12.6 Å². The standard InChI is InChI=1S/C10H16N6O2/c1-3-16-8-7(6(2)14-16)13-9(11)15(8)4-5-18-10(12)17/h3-5H2,1-2H3,(H2,11,13)(H2,12,17). The van der Waals surface area contributed by atoms with Crippen molar-refractivity contribution in [1.29, 1.82) is 0 Å². The van der Waals surface area contributed by atoms with E-state index >= 15 is 0 Å². The third-order valence-corrected chi connectivity index (χ3v) is 2.69. The molecule has 4 N–H and O–H groups in total. The lowest BCUT2D eigenvalue weighted by molar-refractivity contribution is 0.153. The van der Waals surface area contributed by atoms with E-state index in [2.05, 4.69) is 10.1 Å². The quantitative estimate of drug-likeness (QED) is 0.808. The third kappa shape index (κ3) is 1.96. The number of amides is 1. The van der Waals surface area contributed by atoms with E-state index < -0.39 is 6.09 Å². The summed E-state index contributed by atoms with van der Waals surface area (Å²) in [6, 6.07) is 0. The number of hydrogen-bond donors (Lipinski definition) is 2. The first kappa shape index (κ1) is 12.2. The Morgan fingerprint density at radius 2 is 2.22 bits per heavy atom. The molecule has 0 saturated carbocycles. The molecule has 0 aliphatic rings. The van der Waals surface area contributed by atoms with Crippen LogP contribution in [0, 0.1) is 6.92 Å². The minimum absolute atomic E-state index is 0.152. The van der Waals surface area contributed by atoms with Crippen LogP contribution in [-0.4, -0.2) is 32.0 Å². The fourth-order valence-electron chi connectivity index (χ4n) is 1.92. The van der Waals surface area contributed by atoms with Gasteiger partial charge in [0.1, 0.15) is 12.1 Å². The molecule has 0 unspecified atom stereocenters. The van der Waals surface area contributed by atoms with Crippen molar-refractivity contribution in [2.24, 2.45) is 5.73 Å². The Labute approximate surface area is 104 Å². The average molecular weight is 252 g/mol. The second-order valence-corrected chi connectivity index (χ2v) is 3.86. The van der Waals surface area contributed by atoms with Crippen molar-refractivity contribution in [3.8, 4) is 0 Å². The van der Waals surface area contributed by atoms with Crippen molar-refractivity contribution in [3.05, 3.63) is 5.69 Å². The van der Waals surface area contributed by atoms with Crippen LogP contribution >= 0.6 is 0 Å². The number of carbonyl (C=O) groups excluding carboxylic acids is 1. The number of primary amides is 1. The van der Waals surface area contributed by atoms with Gasteiger partial charge in [-0.05, 0) is 13.8 Å². The Kier molecular flexibility index (Phi) is 3.09. The molecular weight excluding hydrogens is 236 g/mol. The third-order valence-electron chi connectivity index (χ3n) is 2.69. The smallest absolute Gasteiger partial charge is 0.404 e. The zero-order chi connectivity index (χ0) is 13.3.